The van der Waals surface area contributed by atoms with Gasteiger partial charge in [0.15, 0.2) is 0 Å². The third-order valence-corrected chi connectivity index (χ3v) is 3.97. The fourth-order valence-corrected chi connectivity index (χ4v) is 1.48. The maximum Gasteiger partial charge on any atom is 0.272 e. The minimum atomic E-state index is -0.901. The van der Waals surface area contributed by atoms with Crippen molar-refractivity contribution < 1.29 is 14.1 Å². The number of halogens is 2. The molecule has 104 valence electrons. The van der Waals surface area contributed by atoms with E-state index in [1.165, 1.54) is 0 Å². The van der Waals surface area contributed by atoms with Crippen LogP contribution in [0.3, 0.4) is 0 Å². The first-order valence-corrected chi connectivity index (χ1v) is 6.60. The highest BCUT2D eigenvalue weighted by atomic mass is 79.9. The molecule has 1 aromatic carbocycles. The summed E-state index contributed by atoms with van der Waals surface area (Å²) in [5, 5.41) is 13.0. The molecule has 1 amide bonds. The van der Waals surface area contributed by atoms with Crippen molar-refractivity contribution in [3.05, 3.63) is 39.7 Å². The lowest BCUT2D eigenvalue weighted by Gasteiger charge is -2.14. The van der Waals surface area contributed by atoms with Crippen molar-refractivity contribution >= 4 is 27.5 Å². The molecule has 0 bridgehead atoms. The number of nitro groups is 1. The molecule has 0 spiro atoms. The summed E-state index contributed by atoms with van der Waals surface area (Å²) in [4.78, 5) is 21.6. The van der Waals surface area contributed by atoms with E-state index in [-0.39, 0.29) is 16.1 Å². The van der Waals surface area contributed by atoms with E-state index in [2.05, 4.69) is 21.2 Å². The SMILES string of the molecule is CC(C)C(Br)CNC(=O)c1ccc([N+](=O)[O-])cc1F. The molecule has 19 heavy (non-hydrogen) atoms. The molecule has 1 unspecified atom stereocenters. The summed E-state index contributed by atoms with van der Waals surface area (Å²) in [5.74, 6) is -1.16. The summed E-state index contributed by atoms with van der Waals surface area (Å²) in [6, 6.07) is 2.95. The van der Waals surface area contributed by atoms with Gasteiger partial charge >= 0.3 is 0 Å². The molecule has 0 aliphatic carbocycles. The number of rotatable bonds is 5. The highest BCUT2D eigenvalue weighted by Gasteiger charge is 2.17. The standard InChI is InChI=1S/C12H14BrFN2O3/c1-7(2)10(13)6-15-12(17)9-4-3-8(16(18)19)5-11(9)14/h3-5,7,10H,6H2,1-2H3,(H,15,17). The van der Waals surface area contributed by atoms with E-state index in [4.69, 9.17) is 0 Å². The lowest BCUT2D eigenvalue weighted by molar-refractivity contribution is -0.385. The summed E-state index contributed by atoms with van der Waals surface area (Å²) < 4.78 is 13.6. The Kier molecular flexibility index (Phi) is 5.41. The average molecular weight is 333 g/mol. The van der Waals surface area contributed by atoms with E-state index in [1.54, 1.807) is 0 Å². The molecule has 1 aromatic rings. The second kappa shape index (κ2) is 6.60. The van der Waals surface area contributed by atoms with Crippen molar-refractivity contribution in [1.29, 1.82) is 0 Å². The zero-order valence-electron chi connectivity index (χ0n) is 10.5. The van der Waals surface area contributed by atoms with Crippen LogP contribution in [0.2, 0.25) is 0 Å². The van der Waals surface area contributed by atoms with Gasteiger partial charge in [0, 0.05) is 17.4 Å². The molecule has 0 aliphatic rings. The molecule has 0 saturated carbocycles. The van der Waals surface area contributed by atoms with E-state index >= 15 is 0 Å². The average Bonchev–Trinajstić information content (AvgIpc) is 2.34. The van der Waals surface area contributed by atoms with Gasteiger partial charge in [0.05, 0.1) is 16.6 Å². The molecule has 7 heteroatoms. The Morgan fingerprint density at radius 1 is 1.53 bits per heavy atom. The number of hydrogen-bond donors (Lipinski definition) is 1. The predicted molar refractivity (Wildman–Crippen MR) is 72.9 cm³/mol. The fraction of sp³-hybridized carbons (Fsp3) is 0.417. The lowest BCUT2D eigenvalue weighted by atomic mass is 10.1. The van der Waals surface area contributed by atoms with Gasteiger partial charge in [-0.15, -0.1) is 0 Å². The van der Waals surface area contributed by atoms with Crippen LogP contribution in [0.15, 0.2) is 18.2 Å². The van der Waals surface area contributed by atoms with E-state index < -0.39 is 16.6 Å². The number of nitro benzene ring substituents is 1. The number of alkyl halides is 1. The van der Waals surface area contributed by atoms with Crippen LogP contribution < -0.4 is 5.32 Å². The minimum absolute atomic E-state index is 0.0811. The quantitative estimate of drug-likeness (QED) is 0.512. The van der Waals surface area contributed by atoms with Crippen LogP contribution in [0.25, 0.3) is 0 Å². The van der Waals surface area contributed by atoms with Gasteiger partial charge in [-0.25, -0.2) is 4.39 Å². The summed E-state index contributed by atoms with van der Waals surface area (Å²) in [5.41, 5.74) is -0.580. The fourth-order valence-electron chi connectivity index (χ4n) is 1.32. The first-order chi connectivity index (χ1) is 8.82. The molecule has 0 aromatic heterocycles. The Hall–Kier alpha value is -1.50. The topological polar surface area (TPSA) is 72.2 Å². The lowest BCUT2D eigenvalue weighted by Crippen LogP contribution is -2.32. The largest absolute Gasteiger partial charge is 0.351 e. The van der Waals surface area contributed by atoms with Gasteiger partial charge in [-0.2, -0.15) is 0 Å². The van der Waals surface area contributed by atoms with Crippen LogP contribution in [-0.2, 0) is 0 Å². The van der Waals surface area contributed by atoms with Crippen molar-refractivity contribution in [2.24, 2.45) is 5.92 Å². The number of amides is 1. The Labute approximate surface area is 118 Å². The molecule has 1 N–H and O–H groups in total. The first-order valence-electron chi connectivity index (χ1n) is 5.69. The highest BCUT2D eigenvalue weighted by molar-refractivity contribution is 9.09. The third kappa shape index (κ3) is 4.27. The van der Waals surface area contributed by atoms with Crippen molar-refractivity contribution in [2.45, 2.75) is 18.7 Å². The molecular formula is C12H14BrFN2O3. The zero-order valence-corrected chi connectivity index (χ0v) is 12.1. The summed E-state index contributed by atoms with van der Waals surface area (Å²) >= 11 is 3.39. The molecule has 5 nitrogen and oxygen atoms in total. The monoisotopic (exact) mass is 332 g/mol. The van der Waals surface area contributed by atoms with Crippen LogP contribution in [0.1, 0.15) is 24.2 Å². The van der Waals surface area contributed by atoms with Gasteiger partial charge in [0.1, 0.15) is 5.82 Å². The molecule has 1 rings (SSSR count). The van der Waals surface area contributed by atoms with Gasteiger partial charge in [-0.1, -0.05) is 29.8 Å². The minimum Gasteiger partial charge on any atom is -0.351 e. The number of carbonyl (C=O) groups is 1. The van der Waals surface area contributed by atoms with Crippen molar-refractivity contribution in [2.75, 3.05) is 6.54 Å². The number of nitrogens with one attached hydrogen (secondary N) is 1. The van der Waals surface area contributed by atoms with Crippen molar-refractivity contribution in [3.8, 4) is 0 Å². The molecular weight excluding hydrogens is 319 g/mol. The van der Waals surface area contributed by atoms with E-state index in [9.17, 15) is 19.3 Å². The van der Waals surface area contributed by atoms with Gasteiger partial charge in [0.2, 0.25) is 0 Å². The second-order valence-electron chi connectivity index (χ2n) is 4.39. The van der Waals surface area contributed by atoms with Crippen LogP contribution in [0, 0.1) is 21.8 Å². The normalized spacial score (nSPS) is 12.3. The number of benzene rings is 1. The second-order valence-corrected chi connectivity index (χ2v) is 5.57. The third-order valence-electron chi connectivity index (χ3n) is 2.59. The molecule has 0 heterocycles. The summed E-state index contributed by atoms with van der Waals surface area (Å²) in [7, 11) is 0. The van der Waals surface area contributed by atoms with E-state index in [0.29, 0.717) is 12.5 Å². The molecule has 0 aliphatic heterocycles. The smallest absolute Gasteiger partial charge is 0.272 e. The van der Waals surface area contributed by atoms with Gasteiger partial charge in [-0.05, 0) is 12.0 Å². The van der Waals surface area contributed by atoms with Crippen molar-refractivity contribution in [1.82, 2.24) is 5.32 Å². The Morgan fingerprint density at radius 2 is 2.16 bits per heavy atom. The van der Waals surface area contributed by atoms with Gasteiger partial charge < -0.3 is 5.32 Å². The molecule has 0 fully saturated rings. The Morgan fingerprint density at radius 3 is 2.63 bits per heavy atom. The van der Waals surface area contributed by atoms with Crippen molar-refractivity contribution in [3.63, 3.8) is 0 Å². The van der Waals surface area contributed by atoms with Crippen LogP contribution in [0.5, 0.6) is 0 Å². The van der Waals surface area contributed by atoms with E-state index in [1.807, 2.05) is 13.8 Å². The molecule has 0 radical (unpaired) electrons. The zero-order chi connectivity index (χ0) is 14.6. The number of hydrogen-bond acceptors (Lipinski definition) is 3. The van der Waals surface area contributed by atoms with Crippen LogP contribution in [0.4, 0.5) is 10.1 Å². The maximum atomic E-state index is 13.6. The summed E-state index contributed by atoms with van der Waals surface area (Å²) in [6.07, 6.45) is 0. The Bertz CT molecular complexity index is 494. The number of carbonyl (C=O) groups excluding carboxylic acids is 1. The molecule has 1 atom stereocenters. The summed E-state index contributed by atoms with van der Waals surface area (Å²) in [6.45, 7) is 4.32. The Balaban J connectivity index is 2.75. The van der Waals surface area contributed by atoms with Gasteiger partial charge in [-0.3, -0.25) is 14.9 Å². The van der Waals surface area contributed by atoms with Crippen LogP contribution >= 0.6 is 15.9 Å². The highest BCUT2D eigenvalue weighted by Crippen LogP contribution is 2.17. The maximum absolute atomic E-state index is 13.6. The predicted octanol–water partition coefficient (Wildman–Crippen LogP) is 2.88. The van der Waals surface area contributed by atoms with E-state index in [0.717, 1.165) is 18.2 Å². The van der Waals surface area contributed by atoms with Crippen LogP contribution in [-0.4, -0.2) is 22.2 Å². The van der Waals surface area contributed by atoms with Gasteiger partial charge in [0.25, 0.3) is 11.6 Å². The molecule has 0 saturated heterocycles. The number of non-ortho nitro benzene ring substituents is 1. The number of nitrogens with zero attached hydrogens (tertiary/aromatic N) is 1. The first kappa shape index (κ1) is 15.6.